The summed E-state index contributed by atoms with van der Waals surface area (Å²) in [5.41, 5.74) is 4.17. The van der Waals surface area contributed by atoms with Crippen LogP contribution in [0.15, 0.2) is 24.3 Å². The van der Waals surface area contributed by atoms with Crippen molar-refractivity contribution in [1.29, 1.82) is 0 Å². The molecule has 0 heterocycles. The SMILES string of the molecule is CC(C)(C)OC(N)=O.O=[N+]([O-])c1cccc(O)c1. The van der Waals surface area contributed by atoms with Crippen LogP contribution in [0, 0.1) is 10.1 Å². The van der Waals surface area contributed by atoms with Gasteiger partial charge in [-0.25, -0.2) is 4.79 Å². The Bertz CT molecular complexity index is 426. The van der Waals surface area contributed by atoms with Crippen LogP contribution in [0.5, 0.6) is 5.75 Å². The number of carbonyl (C=O) groups excluding carboxylic acids is 1. The lowest BCUT2D eigenvalue weighted by molar-refractivity contribution is -0.384. The predicted molar refractivity (Wildman–Crippen MR) is 65.2 cm³/mol. The van der Waals surface area contributed by atoms with Crippen molar-refractivity contribution in [2.75, 3.05) is 0 Å². The lowest BCUT2D eigenvalue weighted by Gasteiger charge is -2.16. The molecule has 0 atom stereocenters. The van der Waals surface area contributed by atoms with Crippen molar-refractivity contribution in [3.05, 3.63) is 34.4 Å². The van der Waals surface area contributed by atoms with E-state index in [1.54, 1.807) is 20.8 Å². The summed E-state index contributed by atoms with van der Waals surface area (Å²) in [6.07, 6.45) is -0.725. The van der Waals surface area contributed by atoms with Crippen LogP contribution >= 0.6 is 0 Å². The highest BCUT2D eigenvalue weighted by molar-refractivity contribution is 5.65. The first-order valence-electron chi connectivity index (χ1n) is 5.03. The normalized spacial score (nSPS) is 9.94. The number of phenolic OH excluding ortho intramolecular Hbond substituents is 1. The van der Waals surface area contributed by atoms with E-state index in [0.717, 1.165) is 6.07 Å². The first kappa shape index (κ1) is 15.7. The number of nitrogens with two attached hydrogens (primary N) is 1. The third-order valence-corrected chi connectivity index (χ3v) is 1.45. The number of nitro groups is 1. The van der Waals surface area contributed by atoms with E-state index in [2.05, 4.69) is 4.74 Å². The van der Waals surface area contributed by atoms with Gasteiger partial charge in [-0.2, -0.15) is 0 Å². The molecule has 0 unspecified atom stereocenters. The van der Waals surface area contributed by atoms with Crippen molar-refractivity contribution in [3.8, 4) is 5.75 Å². The molecule has 7 nitrogen and oxygen atoms in total. The van der Waals surface area contributed by atoms with Crippen molar-refractivity contribution < 1.29 is 19.6 Å². The summed E-state index contributed by atoms with van der Waals surface area (Å²) in [5, 5.41) is 18.8. The number of hydrogen-bond donors (Lipinski definition) is 2. The minimum Gasteiger partial charge on any atom is -0.508 e. The summed E-state index contributed by atoms with van der Waals surface area (Å²) < 4.78 is 4.58. The van der Waals surface area contributed by atoms with Gasteiger partial charge in [0.05, 0.1) is 11.0 Å². The minimum absolute atomic E-state index is 0.0887. The second kappa shape index (κ2) is 6.43. The maximum atomic E-state index is 10.0. The summed E-state index contributed by atoms with van der Waals surface area (Å²) >= 11 is 0. The van der Waals surface area contributed by atoms with Gasteiger partial charge in [0.25, 0.3) is 5.69 Å². The number of ether oxygens (including phenoxy) is 1. The molecular weight excluding hydrogens is 240 g/mol. The van der Waals surface area contributed by atoms with E-state index in [-0.39, 0.29) is 11.4 Å². The average molecular weight is 256 g/mol. The molecule has 0 bridgehead atoms. The zero-order valence-corrected chi connectivity index (χ0v) is 10.4. The fourth-order valence-corrected chi connectivity index (χ4v) is 0.908. The Morgan fingerprint density at radius 1 is 1.44 bits per heavy atom. The summed E-state index contributed by atoms with van der Waals surface area (Å²) in [4.78, 5) is 19.5. The fourth-order valence-electron chi connectivity index (χ4n) is 0.908. The zero-order valence-electron chi connectivity index (χ0n) is 10.4. The van der Waals surface area contributed by atoms with E-state index in [9.17, 15) is 14.9 Å². The second-order valence-electron chi connectivity index (χ2n) is 4.31. The molecule has 0 aliphatic rings. The number of hydrogen-bond acceptors (Lipinski definition) is 5. The molecule has 1 amide bonds. The van der Waals surface area contributed by atoms with E-state index in [4.69, 9.17) is 10.8 Å². The predicted octanol–water partition coefficient (Wildman–Crippen LogP) is 2.18. The summed E-state index contributed by atoms with van der Waals surface area (Å²) in [5.74, 6) is -0.0887. The number of carbonyl (C=O) groups is 1. The molecule has 0 aliphatic carbocycles. The van der Waals surface area contributed by atoms with E-state index in [0.29, 0.717) is 0 Å². The Balaban J connectivity index is 0.000000331. The van der Waals surface area contributed by atoms with Crippen LogP contribution in [0.25, 0.3) is 0 Å². The maximum Gasteiger partial charge on any atom is 0.405 e. The molecule has 1 rings (SSSR count). The second-order valence-corrected chi connectivity index (χ2v) is 4.31. The van der Waals surface area contributed by atoms with Crippen molar-refractivity contribution in [2.24, 2.45) is 5.73 Å². The molecule has 100 valence electrons. The van der Waals surface area contributed by atoms with Crippen molar-refractivity contribution in [1.82, 2.24) is 0 Å². The molecule has 0 saturated carbocycles. The molecule has 0 saturated heterocycles. The van der Waals surface area contributed by atoms with Gasteiger partial charge in [-0.05, 0) is 26.8 Å². The van der Waals surface area contributed by atoms with Gasteiger partial charge in [-0.15, -0.1) is 0 Å². The van der Waals surface area contributed by atoms with Gasteiger partial charge in [0.15, 0.2) is 0 Å². The van der Waals surface area contributed by atoms with E-state index in [1.165, 1.54) is 18.2 Å². The third kappa shape index (κ3) is 7.91. The van der Waals surface area contributed by atoms with E-state index in [1.807, 2.05) is 0 Å². The van der Waals surface area contributed by atoms with E-state index >= 15 is 0 Å². The molecule has 1 aromatic rings. The first-order chi connectivity index (χ1) is 8.11. The van der Waals surface area contributed by atoms with Crippen molar-refractivity contribution in [2.45, 2.75) is 26.4 Å². The number of phenols is 1. The highest BCUT2D eigenvalue weighted by Crippen LogP contribution is 2.16. The van der Waals surface area contributed by atoms with Crippen LogP contribution in [0.1, 0.15) is 20.8 Å². The van der Waals surface area contributed by atoms with Crippen molar-refractivity contribution in [3.63, 3.8) is 0 Å². The van der Waals surface area contributed by atoms with Gasteiger partial charge in [0.2, 0.25) is 0 Å². The number of benzene rings is 1. The molecule has 0 aromatic heterocycles. The largest absolute Gasteiger partial charge is 0.508 e. The fraction of sp³-hybridized carbons (Fsp3) is 0.364. The summed E-state index contributed by atoms with van der Waals surface area (Å²) in [6, 6.07) is 5.22. The highest BCUT2D eigenvalue weighted by atomic mass is 16.6. The first-order valence-corrected chi connectivity index (χ1v) is 5.03. The zero-order chi connectivity index (χ0) is 14.3. The molecular formula is C11H16N2O5. The maximum absolute atomic E-state index is 10.0. The topological polar surface area (TPSA) is 116 Å². The van der Waals surface area contributed by atoms with Crippen LogP contribution in [-0.4, -0.2) is 21.7 Å². The lowest BCUT2D eigenvalue weighted by atomic mass is 10.2. The molecule has 1 aromatic carbocycles. The quantitative estimate of drug-likeness (QED) is 0.590. The summed E-state index contributed by atoms with van der Waals surface area (Å²) in [6.45, 7) is 5.28. The van der Waals surface area contributed by atoms with Crippen LogP contribution < -0.4 is 5.73 Å². The monoisotopic (exact) mass is 256 g/mol. The van der Waals surface area contributed by atoms with Crippen LogP contribution in [0.3, 0.4) is 0 Å². The Morgan fingerprint density at radius 2 is 2.00 bits per heavy atom. The van der Waals surface area contributed by atoms with Crippen LogP contribution in [0.2, 0.25) is 0 Å². The Labute approximate surface area is 104 Å². The Morgan fingerprint density at radius 3 is 2.22 bits per heavy atom. The Kier molecular flexibility index (Phi) is 5.61. The molecule has 0 radical (unpaired) electrons. The van der Waals surface area contributed by atoms with Crippen LogP contribution in [-0.2, 0) is 4.74 Å². The smallest absolute Gasteiger partial charge is 0.405 e. The van der Waals surface area contributed by atoms with Gasteiger partial charge in [0, 0.05) is 6.07 Å². The molecule has 0 aliphatic heterocycles. The van der Waals surface area contributed by atoms with Gasteiger partial charge in [0.1, 0.15) is 11.4 Å². The van der Waals surface area contributed by atoms with Gasteiger partial charge < -0.3 is 15.6 Å². The molecule has 7 heteroatoms. The molecule has 0 fully saturated rings. The van der Waals surface area contributed by atoms with Crippen LogP contribution in [0.4, 0.5) is 10.5 Å². The minimum atomic E-state index is -0.725. The summed E-state index contributed by atoms with van der Waals surface area (Å²) in [7, 11) is 0. The van der Waals surface area contributed by atoms with Gasteiger partial charge in [-0.3, -0.25) is 10.1 Å². The number of nitro benzene ring substituents is 1. The van der Waals surface area contributed by atoms with Gasteiger partial charge >= 0.3 is 6.09 Å². The number of aromatic hydroxyl groups is 1. The number of primary amides is 1. The standard InChI is InChI=1S/C6H5NO3.C5H11NO2/c8-6-3-1-2-5(4-6)7(9)10;1-5(2,3)8-4(6)7/h1-4,8H;1-3H3,(H2,6,7). The number of nitrogens with zero attached hydrogens (tertiary/aromatic N) is 1. The number of amides is 1. The number of non-ortho nitro benzene ring substituents is 1. The van der Waals surface area contributed by atoms with Crippen molar-refractivity contribution >= 4 is 11.8 Å². The third-order valence-electron chi connectivity index (χ3n) is 1.45. The average Bonchev–Trinajstić information content (AvgIpc) is 2.14. The van der Waals surface area contributed by atoms with E-state index < -0.39 is 16.6 Å². The highest BCUT2D eigenvalue weighted by Gasteiger charge is 2.12. The Hall–Kier alpha value is -2.31. The number of rotatable bonds is 1. The molecule has 3 N–H and O–H groups in total. The lowest BCUT2D eigenvalue weighted by Crippen LogP contribution is -2.27. The molecule has 18 heavy (non-hydrogen) atoms. The van der Waals surface area contributed by atoms with Gasteiger partial charge in [-0.1, -0.05) is 6.07 Å². The molecule has 0 spiro atoms.